The molecule has 0 aliphatic carbocycles. The monoisotopic (exact) mass is 384 g/mol. The Morgan fingerprint density at radius 3 is 2.48 bits per heavy atom. The molecule has 4 aromatic rings. The Labute approximate surface area is 170 Å². The van der Waals surface area contributed by atoms with Crippen molar-refractivity contribution in [1.82, 2.24) is 24.7 Å². The second kappa shape index (κ2) is 8.22. The molecule has 0 aliphatic rings. The summed E-state index contributed by atoms with van der Waals surface area (Å²) in [4.78, 5) is 13.2. The topological polar surface area (TPSA) is 68.5 Å². The van der Waals surface area contributed by atoms with Crippen molar-refractivity contribution in [2.24, 2.45) is 0 Å². The van der Waals surface area contributed by atoms with Crippen LogP contribution in [-0.4, -0.2) is 30.8 Å². The van der Waals surface area contributed by atoms with Gasteiger partial charge in [0.05, 0.1) is 22.8 Å². The van der Waals surface area contributed by atoms with Crippen molar-refractivity contribution in [3.63, 3.8) is 0 Å². The Bertz CT molecular complexity index is 1090. The summed E-state index contributed by atoms with van der Waals surface area (Å²) in [6, 6.07) is 16.3. The van der Waals surface area contributed by atoms with Crippen LogP contribution in [0.1, 0.15) is 23.9 Å². The minimum atomic E-state index is 0.196. The first-order valence-corrected chi connectivity index (χ1v) is 9.72. The Hall–Kier alpha value is -3.54. The van der Waals surface area contributed by atoms with Crippen molar-refractivity contribution < 1.29 is 0 Å². The van der Waals surface area contributed by atoms with E-state index in [-0.39, 0.29) is 6.04 Å². The first-order chi connectivity index (χ1) is 14.1. The fourth-order valence-corrected chi connectivity index (χ4v) is 3.55. The molecule has 1 aromatic carbocycles. The average Bonchev–Trinajstić information content (AvgIpc) is 3.03. The number of aromatic nitrogens is 5. The molecule has 0 radical (unpaired) electrons. The molecule has 3 aromatic heterocycles. The second-order valence-corrected chi connectivity index (χ2v) is 7.16. The molecule has 0 spiro atoms. The normalized spacial score (nSPS) is 12.0. The molecule has 0 bridgehead atoms. The third-order valence-corrected chi connectivity index (χ3v) is 4.87. The van der Waals surface area contributed by atoms with E-state index < -0.39 is 0 Å². The maximum Gasteiger partial charge on any atom is 0.223 e. The van der Waals surface area contributed by atoms with E-state index in [1.807, 2.05) is 60.4 Å². The fourth-order valence-electron chi connectivity index (χ4n) is 3.55. The third-order valence-electron chi connectivity index (χ3n) is 4.87. The fraction of sp³-hybridized carbons (Fsp3) is 0.217. The van der Waals surface area contributed by atoms with E-state index in [1.165, 1.54) is 5.56 Å². The van der Waals surface area contributed by atoms with Gasteiger partial charge in [0.2, 0.25) is 5.95 Å². The number of hydrogen-bond acceptors (Lipinski definition) is 5. The Morgan fingerprint density at radius 2 is 1.72 bits per heavy atom. The number of nitrogens with one attached hydrogen (secondary N) is 1. The maximum atomic E-state index is 4.77. The van der Waals surface area contributed by atoms with E-state index in [1.54, 1.807) is 6.20 Å². The predicted molar refractivity (Wildman–Crippen MR) is 115 cm³/mol. The van der Waals surface area contributed by atoms with Gasteiger partial charge < -0.3 is 5.32 Å². The van der Waals surface area contributed by atoms with Crippen LogP contribution >= 0.6 is 0 Å². The highest BCUT2D eigenvalue weighted by Gasteiger charge is 2.16. The quantitative estimate of drug-likeness (QED) is 0.534. The highest BCUT2D eigenvalue weighted by molar-refractivity contribution is 5.66. The van der Waals surface area contributed by atoms with E-state index in [9.17, 15) is 0 Å². The largest absolute Gasteiger partial charge is 0.351 e. The van der Waals surface area contributed by atoms with Crippen LogP contribution in [0, 0.1) is 13.8 Å². The van der Waals surface area contributed by atoms with Gasteiger partial charge in [0.15, 0.2) is 0 Å². The number of para-hydroxylation sites is 1. The van der Waals surface area contributed by atoms with Gasteiger partial charge in [0.1, 0.15) is 0 Å². The van der Waals surface area contributed by atoms with Crippen molar-refractivity contribution >= 4 is 5.95 Å². The van der Waals surface area contributed by atoms with E-state index in [0.29, 0.717) is 5.95 Å². The molecular formula is C23H24N6. The van der Waals surface area contributed by atoms with Crippen molar-refractivity contribution in [2.45, 2.75) is 33.2 Å². The van der Waals surface area contributed by atoms with Crippen LogP contribution in [0.25, 0.3) is 16.9 Å². The second-order valence-electron chi connectivity index (χ2n) is 7.16. The maximum absolute atomic E-state index is 4.77. The molecule has 6 nitrogen and oxygen atoms in total. The lowest BCUT2D eigenvalue weighted by Crippen LogP contribution is -2.19. The van der Waals surface area contributed by atoms with Crippen molar-refractivity contribution in [3.05, 3.63) is 84.1 Å². The van der Waals surface area contributed by atoms with Crippen LogP contribution in [0.5, 0.6) is 0 Å². The van der Waals surface area contributed by atoms with Crippen LogP contribution in [0.4, 0.5) is 5.95 Å². The summed E-state index contributed by atoms with van der Waals surface area (Å²) in [5.41, 5.74) is 6.19. The molecular weight excluding hydrogens is 360 g/mol. The Balaban J connectivity index is 1.58. The first-order valence-electron chi connectivity index (χ1n) is 9.72. The van der Waals surface area contributed by atoms with Crippen molar-refractivity contribution in [3.8, 4) is 16.9 Å². The van der Waals surface area contributed by atoms with Crippen molar-refractivity contribution in [1.29, 1.82) is 0 Å². The number of nitrogens with zero attached hydrogens (tertiary/aromatic N) is 5. The van der Waals surface area contributed by atoms with Gasteiger partial charge >= 0.3 is 0 Å². The molecule has 3 heterocycles. The zero-order valence-electron chi connectivity index (χ0n) is 16.9. The van der Waals surface area contributed by atoms with Gasteiger partial charge in [0.25, 0.3) is 0 Å². The third kappa shape index (κ3) is 4.16. The van der Waals surface area contributed by atoms with Crippen LogP contribution in [0.15, 0.2) is 67.1 Å². The van der Waals surface area contributed by atoms with Crippen LogP contribution in [0.3, 0.4) is 0 Å². The summed E-state index contributed by atoms with van der Waals surface area (Å²) in [5.74, 6) is 0.621. The highest BCUT2D eigenvalue weighted by Crippen LogP contribution is 2.27. The Morgan fingerprint density at radius 1 is 0.966 bits per heavy atom. The number of pyridine rings is 1. The van der Waals surface area contributed by atoms with Gasteiger partial charge in [-0.05, 0) is 63.1 Å². The molecule has 4 rings (SSSR count). The minimum Gasteiger partial charge on any atom is -0.351 e. The SMILES string of the molecule is Cc1nn(-c2ccccc2)c(C)c1-c1ccnc(N[C@H](C)Cc2ccncc2)n1. The van der Waals surface area contributed by atoms with Gasteiger partial charge in [-0.15, -0.1) is 0 Å². The number of anilines is 1. The first kappa shape index (κ1) is 18.8. The molecule has 0 fully saturated rings. The highest BCUT2D eigenvalue weighted by atomic mass is 15.3. The van der Waals surface area contributed by atoms with Gasteiger partial charge in [-0.25, -0.2) is 14.6 Å². The van der Waals surface area contributed by atoms with Crippen LogP contribution < -0.4 is 5.32 Å². The van der Waals surface area contributed by atoms with Gasteiger partial charge in [-0.2, -0.15) is 5.10 Å². The summed E-state index contributed by atoms with van der Waals surface area (Å²) in [6.45, 7) is 6.22. The molecule has 0 aliphatic heterocycles. The molecule has 1 atom stereocenters. The van der Waals surface area contributed by atoms with Crippen molar-refractivity contribution in [2.75, 3.05) is 5.32 Å². The molecule has 6 heteroatoms. The van der Waals surface area contributed by atoms with Gasteiger partial charge in [-0.3, -0.25) is 4.98 Å². The molecule has 29 heavy (non-hydrogen) atoms. The standard InChI is InChI=1S/C23H24N6/c1-16(15-19-9-12-24-13-10-19)26-23-25-14-11-21(27-23)22-17(2)28-29(18(22)3)20-7-5-4-6-8-20/h4-14,16H,15H2,1-3H3,(H,25,26,27)/t16-/m1/s1. The van der Waals surface area contributed by atoms with Crippen LogP contribution in [-0.2, 0) is 6.42 Å². The summed E-state index contributed by atoms with van der Waals surface area (Å²) in [6.07, 6.45) is 6.30. The smallest absolute Gasteiger partial charge is 0.223 e. The molecule has 1 N–H and O–H groups in total. The molecule has 0 amide bonds. The summed E-state index contributed by atoms with van der Waals surface area (Å²) in [5, 5.41) is 8.14. The summed E-state index contributed by atoms with van der Waals surface area (Å²) < 4.78 is 1.96. The molecule has 0 unspecified atom stereocenters. The van der Waals surface area contributed by atoms with E-state index in [0.717, 1.165) is 34.8 Å². The average molecular weight is 384 g/mol. The lowest BCUT2D eigenvalue weighted by atomic mass is 10.1. The summed E-state index contributed by atoms with van der Waals surface area (Å²) in [7, 11) is 0. The number of benzene rings is 1. The predicted octanol–water partition coefficient (Wildman–Crippen LogP) is 4.38. The number of aryl methyl sites for hydroxylation is 1. The zero-order chi connectivity index (χ0) is 20.2. The molecule has 0 saturated carbocycles. The zero-order valence-corrected chi connectivity index (χ0v) is 16.9. The number of rotatable bonds is 6. The minimum absolute atomic E-state index is 0.196. The summed E-state index contributed by atoms with van der Waals surface area (Å²) >= 11 is 0. The van der Waals surface area contributed by atoms with E-state index >= 15 is 0 Å². The van der Waals surface area contributed by atoms with E-state index in [2.05, 4.69) is 41.3 Å². The lowest BCUT2D eigenvalue weighted by molar-refractivity contribution is 0.776. The van der Waals surface area contributed by atoms with Gasteiger partial charge in [0, 0.05) is 30.2 Å². The molecule has 0 saturated heterocycles. The molecule has 146 valence electrons. The lowest BCUT2D eigenvalue weighted by Gasteiger charge is -2.14. The Kier molecular flexibility index (Phi) is 5.33. The number of hydrogen-bond donors (Lipinski definition) is 1. The van der Waals surface area contributed by atoms with Crippen LogP contribution in [0.2, 0.25) is 0 Å². The van der Waals surface area contributed by atoms with E-state index in [4.69, 9.17) is 10.1 Å². The van der Waals surface area contributed by atoms with Gasteiger partial charge in [-0.1, -0.05) is 18.2 Å².